The maximum absolute atomic E-state index is 3.72. The molecule has 0 saturated carbocycles. The molecule has 1 radical (unpaired) electrons. The Morgan fingerprint density at radius 2 is 1.90 bits per heavy atom. The summed E-state index contributed by atoms with van der Waals surface area (Å²) in [5.41, 5.74) is 0. The van der Waals surface area contributed by atoms with E-state index in [9.17, 15) is 0 Å². The maximum atomic E-state index is 3.72. The third kappa shape index (κ3) is 11.3. The van der Waals surface area contributed by atoms with E-state index in [1.807, 2.05) is 0 Å². The van der Waals surface area contributed by atoms with Crippen LogP contribution < -0.4 is 0 Å². The van der Waals surface area contributed by atoms with Crippen molar-refractivity contribution in [2.75, 3.05) is 0 Å². The predicted octanol–water partition coefficient (Wildman–Crippen LogP) is 2.43. The minimum Gasteiger partial charge on any atom is -0.0885 e. The van der Waals surface area contributed by atoms with Crippen molar-refractivity contribution in [3.8, 4) is 0 Å². The first-order chi connectivity index (χ1) is 4.41. The summed E-state index contributed by atoms with van der Waals surface area (Å²) >= 11 is 0. The molecule has 0 atom stereocenters. The molecule has 57 valence electrons. The average molecular weight is 152 g/mol. The van der Waals surface area contributed by atoms with Gasteiger partial charge in [0.1, 0.15) is 0 Å². The summed E-state index contributed by atoms with van der Waals surface area (Å²) in [6, 6.07) is 0. The van der Waals surface area contributed by atoms with Crippen molar-refractivity contribution in [3.05, 3.63) is 19.1 Å². The number of allylic oxidation sites excluding steroid dienone is 2. The normalized spacial score (nSPS) is 9.80. The zero-order chi connectivity index (χ0) is 6.95. The van der Waals surface area contributed by atoms with E-state index in [2.05, 4.69) is 26.0 Å². The average Bonchev–Trinajstić information content (AvgIpc) is 1.89. The molecule has 0 fully saturated rings. The van der Waals surface area contributed by atoms with Crippen LogP contribution in [0, 0.1) is 6.92 Å². The highest BCUT2D eigenvalue weighted by molar-refractivity contribution is 5.75. The van der Waals surface area contributed by atoms with Gasteiger partial charge in [-0.2, -0.15) is 0 Å². The van der Waals surface area contributed by atoms with Gasteiger partial charge in [0.25, 0.3) is 0 Å². The maximum Gasteiger partial charge on any atom is 0.316 e. The first-order valence-corrected chi connectivity index (χ1v) is 3.86. The Morgan fingerprint density at radius 3 is 2.40 bits per heavy atom. The summed E-state index contributed by atoms with van der Waals surface area (Å²) in [6.45, 7) is 5.94. The van der Waals surface area contributed by atoms with E-state index in [0.29, 0.717) is 0 Å². The Bertz CT molecular complexity index is 67.1. The summed E-state index contributed by atoms with van der Waals surface area (Å²) in [6.07, 6.45) is 10.6. The number of rotatable bonds is 5. The molecule has 0 aromatic rings. The van der Waals surface area contributed by atoms with Crippen LogP contribution in [0.2, 0.25) is 0 Å². The fourth-order valence-electron chi connectivity index (χ4n) is 0.748. The smallest absolute Gasteiger partial charge is 0.0885 e. The molecule has 0 aliphatic heterocycles. The second-order valence-corrected chi connectivity index (χ2v) is 2.26. The molecule has 0 heterocycles. The third-order valence-electron chi connectivity index (χ3n) is 1.31. The first kappa shape index (κ1) is 13.1. The van der Waals surface area contributed by atoms with Gasteiger partial charge in [-0.05, 0) is 26.2 Å². The van der Waals surface area contributed by atoms with Crippen LogP contribution in [0.25, 0.3) is 0 Å². The van der Waals surface area contributed by atoms with E-state index in [0.717, 1.165) is 6.42 Å². The lowest BCUT2D eigenvalue weighted by molar-refractivity contribution is 0.728. The highest BCUT2D eigenvalue weighted by Crippen LogP contribution is 1.99. The monoisotopic (exact) mass is 151 g/mol. The van der Waals surface area contributed by atoms with Crippen LogP contribution in [0.15, 0.2) is 12.2 Å². The van der Waals surface area contributed by atoms with Crippen LogP contribution in [0.3, 0.4) is 0 Å². The molecular formula is C9H19Mg. The molecule has 0 bridgehead atoms. The number of hydrogen-bond donors (Lipinski definition) is 0. The van der Waals surface area contributed by atoms with E-state index in [4.69, 9.17) is 0 Å². The summed E-state index contributed by atoms with van der Waals surface area (Å²) in [4.78, 5) is 0. The summed E-state index contributed by atoms with van der Waals surface area (Å²) in [5, 5.41) is 0. The predicted molar refractivity (Wildman–Crippen MR) is 51.8 cm³/mol. The molecule has 0 aliphatic rings. The van der Waals surface area contributed by atoms with Gasteiger partial charge >= 0.3 is 23.1 Å². The van der Waals surface area contributed by atoms with Crippen LogP contribution in [-0.2, 0) is 0 Å². The molecule has 1 heteroatoms. The van der Waals surface area contributed by atoms with Crippen molar-refractivity contribution >= 4 is 23.1 Å². The lowest BCUT2D eigenvalue weighted by Crippen LogP contribution is -1.69. The fraction of sp³-hybridized carbons (Fsp3) is 0.667. The van der Waals surface area contributed by atoms with Gasteiger partial charge in [-0.25, -0.2) is 0 Å². The number of unbranched alkanes of at least 4 members (excludes halogenated alkanes) is 3. The van der Waals surface area contributed by atoms with Gasteiger partial charge in [0.15, 0.2) is 0 Å². The quantitative estimate of drug-likeness (QED) is 0.322. The molecule has 10 heavy (non-hydrogen) atoms. The SMILES string of the molecule is [CH2]C/C=C\CCCCC.[MgH2]. The number of hydrogen-bond acceptors (Lipinski definition) is 0. The molecule has 0 nitrogen and oxygen atoms in total. The van der Waals surface area contributed by atoms with Crippen molar-refractivity contribution in [1.29, 1.82) is 0 Å². The van der Waals surface area contributed by atoms with Gasteiger partial charge in [0.2, 0.25) is 0 Å². The standard InChI is InChI=1S/C9H17.Mg.2H/c1-3-5-7-9-8-6-4-2;;;/h5,7H,1,3-4,6,8-9H2,2H3;;;/b7-5-;;;. The highest BCUT2D eigenvalue weighted by Gasteiger charge is 1.79. The van der Waals surface area contributed by atoms with Gasteiger partial charge in [0.05, 0.1) is 0 Å². The van der Waals surface area contributed by atoms with Crippen LogP contribution in [0.4, 0.5) is 0 Å². The highest BCUT2D eigenvalue weighted by atomic mass is 24.3. The first-order valence-electron chi connectivity index (χ1n) is 3.86. The lowest BCUT2D eigenvalue weighted by atomic mass is 10.2. The van der Waals surface area contributed by atoms with Crippen molar-refractivity contribution in [2.24, 2.45) is 0 Å². The molecule has 0 saturated heterocycles. The second kappa shape index (κ2) is 12.2. The van der Waals surface area contributed by atoms with Gasteiger partial charge < -0.3 is 0 Å². The molecule has 0 N–H and O–H groups in total. The van der Waals surface area contributed by atoms with Gasteiger partial charge in [-0.15, -0.1) is 0 Å². The molecule has 0 aromatic heterocycles. The van der Waals surface area contributed by atoms with Crippen LogP contribution in [-0.4, -0.2) is 23.1 Å². The Morgan fingerprint density at radius 1 is 1.20 bits per heavy atom. The van der Waals surface area contributed by atoms with Gasteiger partial charge in [0, 0.05) is 0 Å². The van der Waals surface area contributed by atoms with Crippen LogP contribution in [0.5, 0.6) is 0 Å². The molecule has 0 rings (SSSR count). The van der Waals surface area contributed by atoms with E-state index in [-0.39, 0.29) is 23.1 Å². The molecule has 0 aromatic carbocycles. The van der Waals surface area contributed by atoms with Gasteiger partial charge in [-0.1, -0.05) is 31.9 Å². The Kier molecular flexibility index (Phi) is 16.0. The molecule has 0 amide bonds. The van der Waals surface area contributed by atoms with Crippen molar-refractivity contribution in [3.63, 3.8) is 0 Å². The van der Waals surface area contributed by atoms with Crippen molar-refractivity contribution in [2.45, 2.75) is 39.0 Å². The second-order valence-electron chi connectivity index (χ2n) is 2.26. The summed E-state index contributed by atoms with van der Waals surface area (Å²) in [5.74, 6) is 0. The Balaban J connectivity index is 0. The molecule has 0 spiro atoms. The van der Waals surface area contributed by atoms with Crippen LogP contribution in [0.1, 0.15) is 39.0 Å². The van der Waals surface area contributed by atoms with E-state index in [1.165, 1.54) is 25.7 Å². The largest absolute Gasteiger partial charge is 0.316 e. The molecule has 0 unspecified atom stereocenters. The third-order valence-corrected chi connectivity index (χ3v) is 1.31. The topological polar surface area (TPSA) is 0 Å². The van der Waals surface area contributed by atoms with E-state index < -0.39 is 0 Å². The summed E-state index contributed by atoms with van der Waals surface area (Å²) in [7, 11) is 0. The lowest BCUT2D eigenvalue weighted by Gasteiger charge is -1.89. The van der Waals surface area contributed by atoms with Crippen molar-refractivity contribution < 1.29 is 0 Å². The van der Waals surface area contributed by atoms with Crippen molar-refractivity contribution in [1.82, 2.24) is 0 Å². The van der Waals surface area contributed by atoms with E-state index in [1.54, 1.807) is 0 Å². The summed E-state index contributed by atoms with van der Waals surface area (Å²) < 4.78 is 0. The minimum atomic E-state index is 0. The van der Waals surface area contributed by atoms with Gasteiger partial charge in [-0.3, -0.25) is 0 Å². The van der Waals surface area contributed by atoms with E-state index >= 15 is 0 Å². The molecular weight excluding hydrogens is 132 g/mol. The fourth-order valence-corrected chi connectivity index (χ4v) is 0.748. The molecule has 0 aliphatic carbocycles. The zero-order valence-corrected chi connectivity index (χ0v) is 6.40. The minimum absolute atomic E-state index is 0. The Hall–Kier alpha value is 0.506. The zero-order valence-electron chi connectivity index (χ0n) is 6.40. The Labute approximate surface area is 81.2 Å². The van der Waals surface area contributed by atoms with Crippen LogP contribution >= 0.6 is 0 Å².